The summed E-state index contributed by atoms with van der Waals surface area (Å²) in [5.74, 6) is -3.73. The highest BCUT2D eigenvalue weighted by Crippen LogP contribution is 2.18. The molecule has 0 aliphatic rings. The van der Waals surface area contributed by atoms with E-state index in [2.05, 4.69) is 0 Å². The molecule has 0 saturated heterocycles. The van der Waals surface area contributed by atoms with E-state index in [9.17, 15) is 19.2 Å². The van der Waals surface area contributed by atoms with Gasteiger partial charge in [-0.1, -0.05) is 0 Å². The van der Waals surface area contributed by atoms with E-state index >= 15 is 0 Å². The van der Waals surface area contributed by atoms with Gasteiger partial charge in [-0.25, -0.2) is 4.79 Å². The van der Waals surface area contributed by atoms with Gasteiger partial charge < -0.3 is 27.0 Å². The third-order valence-electron chi connectivity index (χ3n) is 3.15. The first kappa shape index (κ1) is 21.2. The van der Waals surface area contributed by atoms with Gasteiger partial charge >= 0.3 is 11.9 Å². The molecule has 9 heteroatoms. The van der Waals surface area contributed by atoms with Crippen LogP contribution in [0, 0.1) is 0 Å². The number of aliphatic carboxylic acids is 1. The van der Waals surface area contributed by atoms with Gasteiger partial charge in [0.15, 0.2) is 11.3 Å². The van der Waals surface area contributed by atoms with E-state index in [4.69, 9.17) is 27.0 Å². The minimum Gasteiger partial charge on any atom is -0.481 e. The number of carbonyl (C=O) groups is 4. The van der Waals surface area contributed by atoms with E-state index in [-0.39, 0.29) is 12.8 Å². The van der Waals surface area contributed by atoms with Crippen molar-refractivity contribution in [3.8, 4) is 0 Å². The summed E-state index contributed by atoms with van der Waals surface area (Å²) in [5.41, 5.74) is 14.6. The lowest BCUT2D eigenvalue weighted by Gasteiger charge is -2.29. The summed E-state index contributed by atoms with van der Waals surface area (Å²) in [6.45, 7) is 4.59. The Morgan fingerprint density at radius 1 is 1.13 bits per heavy atom. The monoisotopic (exact) mass is 331 g/mol. The minimum atomic E-state index is -2.19. The predicted molar refractivity (Wildman–Crippen MR) is 81.3 cm³/mol. The van der Waals surface area contributed by atoms with Crippen molar-refractivity contribution >= 4 is 23.5 Å². The second-order valence-corrected chi connectivity index (χ2v) is 5.75. The average Bonchev–Trinajstić information content (AvgIpc) is 2.41. The van der Waals surface area contributed by atoms with Crippen LogP contribution in [0.3, 0.4) is 0 Å². The van der Waals surface area contributed by atoms with Gasteiger partial charge in [0.05, 0.1) is 24.6 Å². The maximum atomic E-state index is 12.3. The van der Waals surface area contributed by atoms with Crippen molar-refractivity contribution in [1.29, 1.82) is 0 Å². The van der Waals surface area contributed by atoms with Crippen LogP contribution in [0.15, 0.2) is 0 Å². The highest BCUT2D eigenvalue weighted by atomic mass is 16.5. The van der Waals surface area contributed by atoms with Crippen molar-refractivity contribution in [2.75, 3.05) is 0 Å². The van der Waals surface area contributed by atoms with Crippen LogP contribution in [0.5, 0.6) is 0 Å². The molecular weight excluding hydrogens is 306 g/mol. The first-order valence-corrected chi connectivity index (χ1v) is 7.21. The van der Waals surface area contributed by atoms with Crippen LogP contribution in [0.2, 0.25) is 0 Å². The number of carboxylic acid groups (broad SMARTS) is 1. The van der Waals surface area contributed by atoms with Crippen LogP contribution in [-0.2, 0) is 23.9 Å². The Morgan fingerprint density at radius 2 is 1.65 bits per heavy atom. The highest BCUT2D eigenvalue weighted by molar-refractivity contribution is 6.11. The van der Waals surface area contributed by atoms with Gasteiger partial charge in [0.2, 0.25) is 0 Å². The van der Waals surface area contributed by atoms with Crippen LogP contribution in [-0.4, -0.2) is 52.3 Å². The molecular formula is C14H25N3O6. The van der Waals surface area contributed by atoms with Gasteiger partial charge in [-0.3, -0.25) is 14.4 Å². The molecule has 0 spiro atoms. The lowest BCUT2D eigenvalue weighted by molar-refractivity contribution is -0.158. The van der Waals surface area contributed by atoms with Crippen molar-refractivity contribution in [3.05, 3.63) is 0 Å². The van der Waals surface area contributed by atoms with Gasteiger partial charge in [0, 0.05) is 6.42 Å². The molecule has 0 bridgehead atoms. The molecule has 0 aliphatic carbocycles. The number of nitrogens with two attached hydrogens (primary N) is 3. The number of rotatable bonds is 10. The van der Waals surface area contributed by atoms with Crippen LogP contribution < -0.4 is 17.2 Å². The van der Waals surface area contributed by atoms with Crippen LogP contribution >= 0.6 is 0 Å². The molecule has 0 saturated carbocycles. The predicted octanol–water partition coefficient (Wildman–Crippen LogP) is -1.30. The lowest BCUT2D eigenvalue weighted by atomic mass is 9.84. The largest absolute Gasteiger partial charge is 0.481 e. The van der Waals surface area contributed by atoms with Crippen LogP contribution in [0.4, 0.5) is 0 Å². The Labute approximate surface area is 134 Å². The third-order valence-corrected chi connectivity index (χ3v) is 3.15. The van der Waals surface area contributed by atoms with Crippen LogP contribution in [0.1, 0.15) is 40.0 Å². The maximum Gasteiger partial charge on any atom is 0.334 e. The fourth-order valence-corrected chi connectivity index (χ4v) is 1.80. The summed E-state index contributed by atoms with van der Waals surface area (Å²) in [6, 6.07) is -2.26. The second-order valence-electron chi connectivity index (χ2n) is 5.75. The molecule has 0 aromatic heterocycles. The average molecular weight is 331 g/mol. The van der Waals surface area contributed by atoms with E-state index in [1.165, 1.54) is 6.92 Å². The number of carboxylic acids is 1. The fourth-order valence-electron chi connectivity index (χ4n) is 1.80. The molecule has 1 unspecified atom stereocenters. The number of hydrogen-bond acceptors (Lipinski definition) is 8. The molecule has 132 valence electrons. The molecule has 9 nitrogen and oxygen atoms in total. The molecule has 0 aliphatic heterocycles. The number of hydrogen-bond donors (Lipinski definition) is 4. The molecule has 0 aromatic carbocycles. The molecule has 0 rings (SSSR count). The number of Topliss-reactive ketones (excluding diaryl/α,β-unsaturated/α-hetero) is 2. The molecule has 3 atom stereocenters. The number of carbonyl (C=O) groups excluding carboxylic acids is 3. The minimum absolute atomic E-state index is 0.229. The normalized spacial score (nSPS) is 16.3. The fraction of sp³-hybridized carbons (Fsp3) is 0.714. The number of ether oxygens (including phenoxy) is 1. The highest BCUT2D eigenvalue weighted by Gasteiger charge is 2.46. The summed E-state index contributed by atoms with van der Waals surface area (Å²) in [7, 11) is 0. The Balaban J connectivity index is 5.35. The Morgan fingerprint density at radius 3 is 2.04 bits per heavy atom. The van der Waals surface area contributed by atoms with Crippen molar-refractivity contribution in [2.45, 2.75) is 63.8 Å². The first-order valence-electron chi connectivity index (χ1n) is 7.21. The Bertz CT molecular complexity index is 477. The lowest BCUT2D eigenvalue weighted by Crippen LogP contribution is -2.61. The molecule has 0 amide bonds. The zero-order chi connectivity index (χ0) is 18.4. The third kappa shape index (κ3) is 6.43. The van der Waals surface area contributed by atoms with Gasteiger partial charge in [-0.15, -0.1) is 0 Å². The standard InChI is InChI=1S/C14H25N3O6/c1-7(2)23-13(22)14(17,5-4-10(18)8(3)15)12(21)9(16)6-11(19)20/h7-9H,4-6,15-17H2,1-3H3,(H,19,20)/t8-,9-,14?/m0/s1. The quantitative estimate of drug-likeness (QED) is 0.280. The van der Waals surface area contributed by atoms with Gasteiger partial charge in [-0.05, 0) is 27.2 Å². The van der Waals surface area contributed by atoms with Crippen molar-refractivity contribution in [1.82, 2.24) is 0 Å². The summed E-state index contributed by atoms with van der Waals surface area (Å²) < 4.78 is 4.95. The smallest absolute Gasteiger partial charge is 0.334 e. The zero-order valence-corrected chi connectivity index (χ0v) is 13.6. The molecule has 0 aromatic rings. The SMILES string of the molecule is CC(C)OC(=O)C(N)(CCC(=O)[C@H](C)N)C(=O)[C@@H](N)CC(=O)O. The van der Waals surface area contributed by atoms with Gasteiger partial charge in [0.1, 0.15) is 5.78 Å². The molecule has 23 heavy (non-hydrogen) atoms. The van der Waals surface area contributed by atoms with Gasteiger partial charge in [-0.2, -0.15) is 0 Å². The molecule has 0 fully saturated rings. The van der Waals surface area contributed by atoms with Crippen LogP contribution in [0.25, 0.3) is 0 Å². The molecule has 7 N–H and O–H groups in total. The van der Waals surface area contributed by atoms with Crippen molar-refractivity contribution in [2.24, 2.45) is 17.2 Å². The number of esters is 1. The zero-order valence-electron chi connectivity index (χ0n) is 13.6. The van der Waals surface area contributed by atoms with E-state index in [1.54, 1.807) is 13.8 Å². The van der Waals surface area contributed by atoms with Gasteiger partial charge in [0.25, 0.3) is 0 Å². The molecule has 0 heterocycles. The van der Waals surface area contributed by atoms with Crippen molar-refractivity contribution < 1.29 is 29.0 Å². The maximum absolute atomic E-state index is 12.3. The Hall–Kier alpha value is -1.84. The van der Waals surface area contributed by atoms with E-state index < -0.39 is 53.7 Å². The second kappa shape index (κ2) is 8.70. The summed E-state index contributed by atoms with van der Waals surface area (Å²) in [4.78, 5) is 46.8. The summed E-state index contributed by atoms with van der Waals surface area (Å²) in [5, 5.41) is 8.71. The van der Waals surface area contributed by atoms with E-state index in [1.807, 2.05) is 0 Å². The topological polar surface area (TPSA) is 176 Å². The summed E-state index contributed by atoms with van der Waals surface area (Å²) in [6.07, 6.45) is -1.82. The Kier molecular flexibility index (Phi) is 8.01. The first-order chi connectivity index (χ1) is 10.4. The number of ketones is 2. The van der Waals surface area contributed by atoms with E-state index in [0.717, 1.165) is 0 Å². The summed E-state index contributed by atoms with van der Waals surface area (Å²) >= 11 is 0. The van der Waals surface area contributed by atoms with Crippen molar-refractivity contribution in [3.63, 3.8) is 0 Å². The molecule has 0 radical (unpaired) electrons. The van der Waals surface area contributed by atoms with E-state index in [0.29, 0.717) is 0 Å².